The summed E-state index contributed by atoms with van der Waals surface area (Å²) in [5.41, 5.74) is -0.466. The first-order chi connectivity index (χ1) is 14.1. The zero-order valence-electron chi connectivity index (χ0n) is 15.3. The molecule has 2 aromatic carbocycles. The summed E-state index contributed by atoms with van der Waals surface area (Å²) in [7, 11) is 1.24. The second-order valence-corrected chi connectivity index (χ2v) is 6.38. The van der Waals surface area contributed by atoms with Gasteiger partial charge in [-0.3, -0.25) is 9.59 Å². The number of halogens is 5. The molecule has 3 rings (SSSR count). The summed E-state index contributed by atoms with van der Waals surface area (Å²) in [6.07, 6.45) is -4.88. The van der Waals surface area contributed by atoms with Crippen molar-refractivity contribution < 1.29 is 41.0 Å². The normalized spacial score (nSPS) is 18.7. The molecule has 0 aliphatic carbocycles. The maximum absolute atomic E-state index is 14.4. The van der Waals surface area contributed by atoms with Crippen LogP contribution in [0.2, 0.25) is 0 Å². The fraction of sp³-hybridized carbons (Fsp3) is 0.263. The van der Waals surface area contributed by atoms with E-state index in [1.165, 1.54) is 7.11 Å². The van der Waals surface area contributed by atoms with Crippen molar-refractivity contribution in [1.29, 1.82) is 0 Å². The smallest absolute Gasteiger partial charge is 0.497 e. The molecular weight excluding hydrogens is 415 g/mol. The maximum Gasteiger partial charge on any atom is 0.573 e. The van der Waals surface area contributed by atoms with Crippen molar-refractivity contribution in [2.45, 2.75) is 18.3 Å². The van der Waals surface area contributed by atoms with Gasteiger partial charge in [-0.2, -0.15) is 0 Å². The van der Waals surface area contributed by atoms with Crippen LogP contribution in [-0.4, -0.2) is 37.9 Å². The van der Waals surface area contributed by atoms with Crippen molar-refractivity contribution in [3.8, 4) is 11.5 Å². The van der Waals surface area contributed by atoms with Crippen molar-refractivity contribution >= 4 is 11.8 Å². The number of carbonyl (C=O) groups excluding carboxylic acids is 2. The Bertz CT molecular complexity index is 939. The minimum Gasteiger partial charge on any atom is -0.497 e. The molecule has 0 aromatic heterocycles. The van der Waals surface area contributed by atoms with Crippen LogP contribution in [0.1, 0.15) is 21.8 Å². The molecule has 2 aromatic rings. The van der Waals surface area contributed by atoms with Crippen LogP contribution >= 0.6 is 0 Å². The molecule has 0 bridgehead atoms. The van der Waals surface area contributed by atoms with Gasteiger partial charge in [0.15, 0.2) is 0 Å². The number of hydrogen-bond donors (Lipinski definition) is 2. The van der Waals surface area contributed by atoms with E-state index in [2.05, 4.69) is 15.4 Å². The average Bonchev–Trinajstić information content (AvgIpc) is 3.00. The van der Waals surface area contributed by atoms with E-state index in [4.69, 9.17) is 4.74 Å². The molecule has 30 heavy (non-hydrogen) atoms. The van der Waals surface area contributed by atoms with Gasteiger partial charge in [-0.1, -0.05) is 0 Å². The second kappa shape index (κ2) is 8.17. The standard InChI is InChI=1S/C19H15F5N2O4/c1-29-11-6-13(20)15(14(21)7-11)12-8-25-18(28)16(12)26-17(27)9-2-4-10(5-3-9)30-19(22,23)24/h2-7,12,16H,8H2,1H3,(H,25,28)(H,26,27)/t12-,16-/m0/s1. The topological polar surface area (TPSA) is 76.7 Å². The molecule has 1 saturated heterocycles. The van der Waals surface area contributed by atoms with Gasteiger partial charge in [-0.25, -0.2) is 8.78 Å². The number of carbonyl (C=O) groups is 2. The number of alkyl halides is 3. The van der Waals surface area contributed by atoms with Gasteiger partial charge in [0.1, 0.15) is 29.2 Å². The third kappa shape index (κ3) is 4.61. The van der Waals surface area contributed by atoms with Gasteiger partial charge in [0.25, 0.3) is 5.91 Å². The number of benzene rings is 2. The lowest BCUT2D eigenvalue weighted by Gasteiger charge is -2.20. The third-order valence-corrected chi connectivity index (χ3v) is 4.48. The molecule has 1 heterocycles. The van der Waals surface area contributed by atoms with Crippen LogP contribution in [0.15, 0.2) is 36.4 Å². The van der Waals surface area contributed by atoms with Gasteiger partial charge in [0, 0.05) is 35.7 Å². The lowest BCUT2D eigenvalue weighted by molar-refractivity contribution is -0.274. The van der Waals surface area contributed by atoms with Crippen LogP contribution in [0.4, 0.5) is 22.0 Å². The molecular formula is C19H15F5N2O4. The van der Waals surface area contributed by atoms with E-state index >= 15 is 0 Å². The van der Waals surface area contributed by atoms with Gasteiger partial charge in [0.2, 0.25) is 5.91 Å². The Labute approximate surface area is 167 Å². The van der Waals surface area contributed by atoms with E-state index in [0.717, 1.165) is 36.4 Å². The second-order valence-electron chi connectivity index (χ2n) is 6.38. The van der Waals surface area contributed by atoms with Crippen LogP contribution in [0.5, 0.6) is 11.5 Å². The Morgan fingerprint density at radius 3 is 2.23 bits per heavy atom. The first kappa shape index (κ1) is 21.3. The summed E-state index contributed by atoms with van der Waals surface area (Å²) in [4.78, 5) is 24.6. The molecule has 2 amide bonds. The Balaban J connectivity index is 1.79. The highest BCUT2D eigenvalue weighted by Gasteiger charge is 2.40. The minimum atomic E-state index is -4.88. The summed E-state index contributed by atoms with van der Waals surface area (Å²) in [6.45, 7) is -0.123. The zero-order valence-corrected chi connectivity index (χ0v) is 15.3. The summed E-state index contributed by atoms with van der Waals surface area (Å²) in [6, 6.07) is 4.61. The van der Waals surface area contributed by atoms with E-state index in [1.807, 2.05) is 0 Å². The number of methoxy groups -OCH3 is 1. The highest BCUT2D eigenvalue weighted by molar-refractivity contribution is 5.98. The Morgan fingerprint density at radius 2 is 1.70 bits per heavy atom. The van der Waals surface area contributed by atoms with Gasteiger partial charge >= 0.3 is 6.36 Å². The maximum atomic E-state index is 14.4. The Hall–Kier alpha value is -3.37. The van der Waals surface area contributed by atoms with E-state index < -0.39 is 53.1 Å². The van der Waals surface area contributed by atoms with Crippen LogP contribution in [0.25, 0.3) is 0 Å². The zero-order chi connectivity index (χ0) is 22.1. The average molecular weight is 430 g/mol. The summed E-state index contributed by atoms with van der Waals surface area (Å²) in [5, 5.41) is 4.80. The fourth-order valence-corrected chi connectivity index (χ4v) is 3.12. The van der Waals surface area contributed by atoms with Crippen molar-refractivity contribution in [3.05, 3.63) is 59.2 Å². The molecule has 1 aliphatic rings. The molecule has 11 heteroatoms. The highest BCUT2D eigenvalue weighted by Crippen LogP contribution is 2.31. The molecule has 2 N–H and O–H groups in total. The number of ether oxygens (including phenoxy) is 2. The van der Waals surface area contributed by atoms with Gasteiger partial charge < -0.3 is 20.1 Å². The molecule has 6 nitrogen and oxygen atoms in total. The highest BCUT2D eigenvalue weighted by atomic mass is 19.4. The fourth-order valence-electron chi connectivity index (χ4n) is 3.12. The monoisotopic (exact) mass is 430 g/mol. The van der Waals surface area contributed by atoms with Gasteiger partial charge in [-0.15, -0.1) is 13.2 Å². The molecule has 0 saturated carbocycles. The van der Waals surface area contributed by atoms with E-state index in [0.29, 0.717) is 0 Å². The number of hydrogen-bond acceptors (Lipinski definition) is 4. The molecule has 1 fully saturated rings. The van der Waals surface area contributed by atoms with Crippen molar-refractivity contribution in [1.82, 2.24) is 10.6 Å². The van der Waals surface area contributed by atoms with Gasteiger partial charge in [-0.05, 0) is 24.3 Å². The van der Waals surface area contributed by atoms with Crippen LogP contribution in [0.3, 0.4) is 0 Å². The largest absolute Gasteiger partial charge is 0.573 e. The summed E-state index contributed by atoms with van der Waals surface area (Å²) >= 11 is 0. The van der Waals surface area contributed by atoms with Crippen molar-refractivity contribution in [3.63, 3.8) is 0 Å². The first-order valence-electron chi connectivity index (χ1n) is 8.56. The number of nitrogens with one attached hydrogen (secondary N) is 2. The number of rotatable bonds is 5. The van der Waals surface area contributed by atoms with Crippen molar-refractivity contribution in [2.24, 2.45) is 0 Å². The summed E-state index contributed by atoms with van der Waals surface area (Å²) < 4.78 is 74.0. The van der Waals surface area contributed by atoms with E-state index in [1.54, 1.807) is 0 Å². The van der Waals surface area contributed by atoms with E-state index in [9.17, 15) is 31.5 Å². The lowest BCUT2D eigenvalue weighted by atomic mass is 9.92. The quantitative estimate of drug-likeness (QED) is 0.716. The van der Waals surface area contributed by atoms with Crippen LogP contribution < -0.4 is 20.1 Å². The third-order valence-electron chi connectivity index (χ3n) is 4.48. The molecule has 160 valence electrons. The molecule has 2 atom stereocenters. The van der Waals surface area contributed by atoms with E-state index in [-0.39, 0.29) is 17.9 Å². The lowest BCUT2D eigenvalue weighted by Crippen LogP contribution is -2.43. The Morgan fingerprint density at radius 1 is 1.10 bits per heavy atom. The molecule has 0 unspecified atom stereocenters. The summed E-state index contributed by atoms with van der Waals surface area (Å²) in [5.74, 6) is -4.97. The predicted molar refractivity (Wildman–Crippen MR) is 93.0 cm³/mol. The first-order valence-corrected chi connectivity index (χ1v) is 8.56. The molecule has 1 aliphatic heterocycles. The van der Waals surface area contributed by atoms with Crippen LogP contribution in [0, 0.1) is 11.6 Å². The van der Waals surface area contributed by atoms with Crippen LogP contribution in [-0.2, 0) is 4.79 Å². The SMILES string of the molecule is COc1cc(F)c([C@@H]2CNC(=O)[C@H]2NC(=O)c2ccc(OC(F)(F)F)cc2)c(F)c1. The molecule has 0 radical (unpaired) electrons. The number of amides is 2. The Kier molecular flexibility index (Phi) is 5.81. The minimum absolute atomic E-state index is 0.0483. The predicted octanol–water partition coefficient (Wildman–Crippen LogP) is 2.88. The molecule has 0 spiro atoms. The van der Waals surface area contributed by atoms with Crippen molar-refractivity contribution in [2.75, 3.05) is 13.7 Å². The van der Waals surface area contributed by atoms with Gasteiger partial charge in [0.05, 0.1) is 7.11 Å².